The standard InChI is InChI=1S/C11H10O4.C6H6/c1-14-11(13)8-2-4-9-7(6-8)3-5-10(12)15-9;1-2-4-6-5-3-1/h2,4,6H,3,5H2,1H3;1-6H. The van der Waals surface area contributed by atoms with Gasteiger partial charge in [0.1, 0.15) is 5.75 Å². The second-order valence-electron chi connectivity index (χ2n) is 4.44. The van der Waals surface area contributed by atoms with Gasteiger partial charge in [-0.15, -0.1) is 0 Å². The molecule has 0 N–H and O–H groups in total. The molecule has 4 heteroatoms. The van der Waals surface area contributed by atoms with E-state index in [4.69, 9.17) is 4.74 Å². The predicted molar refractivity (Wildman–Crippen MR) is 78.2 cm³/mol. The highest BCUT2D eigenvalue weighted by Gasteiger charge is 2.18. The number of carbonyl (C=O) groups excluding carboxylic acids is 2. The van der Waals surface area contributed by atoms with Gasteiger partial charge in [-0.3, -0.25) is 4.79 Å². The first-order chi connectivity index (χ1) is 10.2. The van der Waals surface area contributed by atoms with Crippen molar-refractivity contribution in [3.63, 3.8) is 0 Å². The highest BCUT2D eigenvalue weighted by molar-refractivity contribution is 5.90. The molecule has 1 aliphatic rings. The van der Waals surface area contributed by atoms with Gasteiger partial charge in [-0.05, 0) is 30.2 Å². The molecule has 2 aromatic rings. The Hall–Kier alpha value is -2.62. The zero-order valence-corrected chi connectivity index (χ0v) is 11.7. The summed E-state index contributed by atoms with van der Waals surface area (Å²) in [5, 5.41) is 0. The molecule has 1 heterocycles. The fourth-order valence-corrected chi connectivity index (χ4v) is 1.91. The Kier molecular flexibility index (Phi) is 5.10. The average molecular weight is 284 g/mol. The summed E-state index contributed by atoms with van der Waals surface area (Å²) in [4.78, 5) is 22.2. The zero-order valence-electron chi connectivity index (χ0n) is 11.7. The summed E-state index contributed by atoms with van der Waals surface area (Å²) >= 11 is 0. The van der Waals surface area contributed by atoms with E-state index in [2.05, 4.69) is 4.74 Å². The molecule has 2 aromatic carbocycles. The Morgan fingerprint density at radius 1 is 1.05 bits per heavy atom. The Labute approximate surface area is 123 Å². The lowest BCUT2D eigenvalue weighted by Gasteiger charge is -2.15. The van der Waals surface area contributed by atoms with Crippen molar-refractivity contribution in [1.82, 2.24) is 0 Å². The number of esters is 2. The molecule has 0 saturated heterocycles. The second kappa shape index (κ2) is 7.24. The molecule has 0 atom stereocenters. The van der Waals surface area contributed by atoms with Crippen molar-refractivity contribution in [3.8, 4) is 5.75 Å². The van der Waals surface area contributed by atoms with Crippen molar-refractivity contribution >= 4 is 11.9 Å². The maximum absolute atomic E-state index is 11.2. The number of carbonyl (C=O) groups is 2. The molecule has 0 unspecified atom stereocenters. The van der Waals surface area contributed by atoms with E-state index in [1.54, 1.807) is 18.2 Å². The van der Waals surface area contributed by atoms with Gasteiger partial charge < -0.3 is 9.47 Å². The second-order valence-corrected chi connectivity index (χ2v) is 4.44. The van der Waals surface area contributed by atoms with Gasteiger partial charge in [0.2, 0.25) is 0 Å². The quantitative estimate of drug-likeness (QED) is 0.596. The molecule has 0 saturated carbocycles. The van der Waals surface area contributed by atoms with E-state index in [0.717, 1.165) is 5.56 Å². The Bertz CT molecular complexity index is 593. The van der Waals surface area contributed by atoms with E-state index in [1.165, 1.54) is 7.11 Å². The van der Waals surface area contributed by atoms with Crippen molar-refractivity contribution < 1.29 is 19.1 Å². The molecule has 0 radical (unpaired) electrons. The largest absolute Gasteiger partial charge is 0.465 e. The topological polar surface area (TPSA) is 52.6 Å². The molecule has 0 aliphatic carbocycles. The van der Waals surface area contributed by atoms with Crippen molar-refractivity contribution in [1.29, 1.82) is 0 Å². The van der Waals surface area contributed by atoms with Crippen LogP contribution in [0.25, 0.3) is 0 Å². The fraction of sp³-hybridized carbons (Fsp3) is 0.176. The molecule has 0 fully saturated rings. The number of aryl methyl sites for hydroxylation is 1. The summed E-state index contributed by atoms with van der Waals surface area (Å²) in [7, 11) is 1.34. The van der Waals surface area contributed by atoms with Crippen LogP contribution in [-0.4, -0.2) is 19.0 Å². The van der Waals surface area contributed by atoms with Crippen molar-refractivity contribution in [2.24, 2.45) is 0 Å². The lowest BCUT2D eigenvalue weighted by molar-refractivity contribution is -0.135. The molecule has 108 valence electrons. The van der Waals surface area contributed by atoms with E-state index >= 15 is 0 Å². The normalized spacial score (nSPS) is 12.3. The monoisotopic (exact) mass is 284 g/mol. The van der Waals surface area contributed by atoms with Gasteiger partial charge in [-0.25, -0.2) is 4.79 Å². The number of methoxy groups -OCH3 is 1. The molecule has 0 bridgehead atoms. The first kappa shape index (κ1) is 14.8. The highest BCUT2D eigenvalue weighted by Crippen LogP contribution is 2.26. The minimum Gasteiger partial charge on any atom is -0.465 e. The Morgan fingerprint density at radius 2 is 1.67 bits per heavy atom. The highest BCUT2D eigenvalue weighted by atomic mass is 16.5. The van der Waals surface area contributed by atoms with Crippen LogP contribution in [0.4, 0.5) is 0 Å². The molecule has 21 heavy (non-hydrogen) atoms. The number of benzene rings is 2. The first-order valence-corrected chi connectivity index (χ1v) is 6.62. The summed E-state index contributed by atoms with van der Waals surface area (Å²) in [5.74, 6) is -0.0677. The smallest absolute Gasteiger partial charge is 0.337 e. The summed E-state index contributed by atoms with van der Waals surface area (Å²) in [6.45, 7) is 0. The van der Waals surface area contributed by atoms with Crippen LogP contribution in [0, 0.1) is 0 Å². The third kappa shape index (κ3) is 4.18. The Balaban J connectivity index is 0.000000225. The zero-order chi connectivity index (χ0) is 15.1. The van der Waals surface area contributed by atoms with Crippen LogP contribution in [-0.2, 0) is 16.0 Å². The van der Waals surface area contributed by atoms with Crippen LogP contribution < -0.4 is 4.74 Å². The maximum Gasteiger partial charge on any atom is 0.337 e. The molecular formula is C17H16O4. The van der Waals surface area contributed by atoms with Crippen LogP contribution in [0.3, 0.4) is 0 Å². The van der Waals surface area contributed by atoms with Gasteiger partial charge in [0, 0.05) is 0 Å². The minimum absolute atomic E-state index is 0.228. The molecule has 0 amide bonds. The van der Waals surface area contributed by atoms with E-state index in [-0.39, 0.29) is 11.9 Å². The van der Waals surface area contributed by atoms with Crippen LogP contribution in [0.2, 0.25) is 0 Å². The summed E-state index contributed by atoms with van der Waals surface area (Å²) in [6, 6.07) is 16.9. The molecule has 0 spiro atoms. The summed E-state index contributed by atoms with van der Waals surface area (Å²) in [6.07, 6.45) is 0.969. The van der Waals surface area contributed by atoms with E-state index < -0.39 is 0 Å². The summed E-state index contributed by atoms with van der Waals surface area (Å²) < 4.78 is 9.61. The number of hydrogen-bond acceptors (Lipinski definition) is 4. The van der Waals surface area contributed by atoms with Gasteiger partial charge in [-0.2, -0.15) is 0 Å². The van der Waals surface area contributed by atoms with Crippen LogP contribution in [0.1, 0.15) is 22.3 Å². The molecule has 3 rings (SSSR count). The lowest BCUT2D eigenvalue weighted by atomic mass is 10.0. The first-order valence-electron chi connectivity index (χ1n) is 6.62. The number of hydrogen-bond donors (Lipinski definition) is 0. The van der Waals surface area contributed by atoms with Crippen molar-refractivity contribution in [2.75, 3.05) is 7.11 Å². The molecular weight excluding hydrogens is 268 g/mol. The number of rotatable bonds is 1. The van der Waals surface area contributed by atoms with Crippen molar-refractivity contribution in [3.05, 3.63) is 65.7 Å². The van der Waals surface area contributed by atoms with Gasteiger partial charge >= 0.3 is 11.9 Å². The predicted octanol–water partition coefficient (Wildman–Crippen LogP) is 3.01. The molecule has 4 nitrogen and oxygen atoms in total. The van der Waals surface area contributed by atoms with E-state index in [1.807, 2.05) is 36.4 Å². The van der Waals surface area contributed by atoms with Gasteiger partial charge in [-0.1, -0.05) is 36.4 Å². The van der Waals surface area contributed by atoms with Gasteiger partial charge in [0.05, 0.1) is 19.1 Å². The van der Waals surface area contributed by atoms with E-state index in [0.29, 0.717) is 24.2 Å². The van der Waals surface area contributed by atoms with Gasteiger partial charge in [0.15, 0.2) is 0 Å². The molecule has 0 aromatic heterocycles. The fourth-order valence-electron chi connectivity index (χ4n) is 1.91. The molecule has 1 aliphatic heterocycles. The lowest BCUT2D eigenvalue weighted by Crippen LogP contribution is -2.16. The Morgan fingerprint density at radius 3 is 2.24 bits per heavy atom. The number of fused-ring (bicyclic) bond motifs is 1. The summed E-state index contributed by atoms with van der Waals surface area (Å²) in [5.41, 5.74) is 1.35. The van der Waals surface area contributed by atoms with Gasteiger partial charge in [0.25, 0.3) is 0 Å². The average Bonchev–Trinajstić information content (AvgIpc) is 2.56. The third-order valence-electron chi connectivity index (χ3n) is 2.97. The SMILES string of the molecule is COC(=O)c1ccc2c(c1)CCC(=O)O2.c1ccccc1. The number of ether oxygens (including phenoxy) is 2. The third-order valence-corrected chi connectivity index (χ3v) is 2.97. The van der Waals surface area contributed by atoms with Crippen LogP contribution in [0.5, 0.6) is 5.75 Å². The minimum atomic E-state index is -0.380. The maximum atomic E-state index is 11.2. The van der Waals surface area contributed by atoms with Crippen LogP contribution in [0.15, 0.2) is 54.6 Å². The van der Waals surface area contributed by atoms with Crippen LogP contribution >= 0.6 is 0 Å². The van der Waals surface area contributed by atoms with Crippen molar-refractivity contribution in [2.45, 2.75) is 12.8 Å². The van der Waals surface area contributed by atoms with E-state index in [9.17, 15) is 9.59 Å².